The molecule has 0 saturated heterocycles. The Morgan fingerprint density at radius 2 is 0.436 bits per heavy atom. The van der Waals surface area contributed by atoms with E-state index in [2.05, 4.69) is 249 Å². The van der Waals surface area contributed by atoms with Gasteiger partial charge in [0.25, 0.3) is 0 Å². The fourth-order valence-electron chi connectivity index (χ4n) is 7.78. The Morgan fingerprint density at radius 1 is 0.269 bits per heavy atom. The van der Waals surface area contributed by atoms with E-state index in [9.17, 15) is 0 Å². The molecule has 0 spiro atoms. The van der Waals surface area contributed by atoms with Gasteiger partial charge in [0.15, 0.2) is 12.9 Å². The molecule has 0 aliphatic heterocycles. The van der Waals surface area contributed by atoms with Crippen molar-refractivity contribution in [3.63, 3.8) is 0 Å². The van der Waals surface area contributed by atoms with Gasteiger partial charge in [0.1, 0.15) is 0 Å². The predicted octanol–water partition coefficient (Wildman–Crippen LogP) is 12.6. The van der Waals surface area contributed by atoms with Crippen LogP contribution in [0.4, 0.5) is 0 Å². The molecule has 78 heavy (non-hydrogen) atoms. The molecule has 0 aromatic heterocycles. The molecule has 17 heteroatoms. The normalized spacial score (nSPS) is 10.3. The van der Waals surface area contributed by atoms with Gasteiger partial charge in [-0.3, -0.25) is 0 Å². The monoisotopic (exact) mass is 1880 g/mol. The summed E-state index contributed by atoms with van der Waals surface area (Å²) in [7, 11) is -1.14. The van der Waals surface area contributed by atoms with Crippen LogP contribution in [-0.4, -0.2) is 37.5 Å². The van der Waals surface area contributed by atoms with E-state index in [0.717, 1.165) is 6.16 Å². The van der Waals surface area contributed by atoms with Crippen molar-refractivity contribution >= 4 is 179 Å². The van der Waals surface area contributed by atoms with Crippen molar-refractivity contribution in [1.82, 2.24) is 0 Å². The van der Waals surface area contributed by atoms with Crippen LogP contribution in [0.5, 0.6) is 0 Å². The molecule has 0 bridgehead atoms. The van der Waals surface area contributed by atoms with Gasteiger partial charge < -0.3 is 54.4 Å². The van der Waals surface area contributed by atoms with E-state index in [1.54, 1.807) is 0 Å². The average Bonchev–Trinajstić information content (AvgIpc) is 3.42. The van der Waals surface area contributed by atoms with Crippen LogP contribution in [0.2, 0.25) is 0 Å². The molecular weight excluding hydrogens is 1820 g/mol. The molecule has 0 heterocycles. The quantitative estimate of drug-likeness (QED) is 0.0178. The van der Waals surface area contributed by atoms with Gasteiger partial charge in [-0.15, -0.1) is 6.16 Å². The van der Waals surface area contributed by atoms with Gasteiger partial charge in [0.05, 0.1) is 0 Å². The fraction of sp³-hybridized carbons (Fsp3) is 0.197. The van der Waals surface area contributed by atoms with Crippen molar-refractivity contribution in [2.45, 2.75) is 45.0 Å². The first-order chi connectivity index (χ1) is 36.0. The van der Waals surface area contributed by atoms with Crippen LogP contribution in [0, 0.1) is 6.42 Å². The summed E-state index contributed by atoms with van der Waals surface area (Å²) in [5.41, 5.74) is 0. The third kappa shape index (κ3) is 34.9. The predicted molar refractivity (Wildman–Crippen MR) is 347 cm³/mol. The van der Waals surface area contributed by atoms with Crippen LogP contribution in [0.25, 0.3) is 0 Å². The Kier molecular flexibility index (Phi) is 50.9. The summed E-state index contributed by atoms with van der Waals surface area (Å²) in [5, 5.41) is 11.9. The summed E-state index contributed by atoms with van der Waals surface area (Å²) in [6.07, 6.45) is 13.8. The minimum absolute atomic E-state index is 0. The summed E-state index contributed by atoms with van der Waals surface area (Å²) >= 11 is 43.3. The van der Waals surface area contributed by atoms with Gasteiger partial charge in [-0.1, -0.05) is 368 Å². The molecule has 0 amide bonds. The Bertz CT molecular complexity index is 2050. The molecule has 0 nitrogen and oxygen atoms in total. The second-order valence-electron chi connectivity index (χ2n) is 16.0. The van der Waals surface area contributed by atoms with Crippen molar-refractivity contribution in [3.8, 4) is 0 Å². The van der Waals surface area contributed by atoms with Gasteiger partial charge in [-0.25, -0.2) is 0 Å². The van der Waals surface area contributed by atoms with E-state index in [0.29, 0.717) is 0 Å². The van der Waals surface area contributed by atoms with Gasteiger partial charge in [-0.05, 0) is 97.5 Å². The zero-order valence-corrected chi connectivity index (χ0v) is 61.3. The molecular formula is C61H62Au2Cl9I2P4-2. The number of benzene rings is 8. The molecule has 427 valence electrons. The number of hydrogen-bond donors (Lipinski definition) is 0. The fourth-order valence-corrected chi connectivity index (χ4v) is 17.2. The van der Waals surface area contributed by atoms with Crippen LogP contribution in [0.3, 0.4) is 0 Å². The van der Waals surface area contributed by atoms with Crippen molar-refractivity contribution in [1.29, 1.82) is 0 Å². The maximum Gasteiger partial charge on any atom is 1.00 e. The van der Waals surface area contributed by atoms with E-state index in [1.165, 1.54) is 93.0 Å². The minimum atomic E-state index is -0.750. The molecule has 0 N–H and O–H groups in total. The second-order valence-corrected chi connectivity index (χ2v) is 31.2. The van der Waals surface area contributed by atoms with Crippen molar-refractivity contribution in [3.05, 3.63) is 249 Å². The molecule has 8 aromatic rings. The number of alkyl halides is 9. The minimum Gasteiger partial charge on any atom is -1.00 e. The molecule has 8 aromatic carbocycles. The van der Waals surface area contributed by atoms with E-state index in [1.807, 2.05) is 0 Å². The maximum atomic E-state index is 4.81. The molecule has 1 radical (unpaired) electrons. The molecule has 8 rings (SSSR count). The zero-order chi connectivity index (χ0) is 53.0. The van der Waals surface area contributed by atoms with Crippen LogP contribution in [0.15, 0.2) is 243 Å². The molecule has 0 atom stereocenters. The van der Waals surface area contributed by atoms with Crippen LogP contribution in [-0.2, 0) is 44.8 Å². The Balaban J connectivity index is 0.00000121. The van der Waals surface area contributed by atoms with Crippen LogP contribution >= 0.6 is 136 Å². The summed E-state index contributed by atoms with van der Waals surface area (Å²) in [6.45, 7) is 0. The number of hydrogen-bond acceptors (Lipinski definition) is 0. The molecule has 0 fully saturated rings. The van der Waals surface area contributed by atoms with E-state index < -0.39 is 12.9 Å². The van der Waals surface area contributed by atoms with Crippen molar-refractivity contribution in [2.75, 3.05) is 24.6 Å². The van der Waals surface area contributed by atoms with Gasteiger partial charge in [0, 0.05) is 22.4 Å². The number of rotatable bonds is 20. The SMILES string of the molecule is ClC(Cl)Cl.ClC(Cl)Cl.ClC(Cl)Cl.[Au+].[Au].[I-].[I-].c1ccc(P(CCCCCP(c2ccccc2)c2ccccc2)c2ccccc2)cc1.c1ccc(P(C[CH-]CCCP(c2ccccc2)c2ccccc2)c2ccccc2)cc1. The topological polar surface area (TPSA) is 0 Å². The van der Waals surface area contributed by atoms with E-state index in [4.69, 9.17) is 104 Å². The smallest absolute Gasteiger partial charge is 1.00 e. The van der Waals surface area contributed by atoms with Gasteiger partial charge >= 0.3 is 22.4 Å². The van der Waals surface area contributed by atoms with E-state index in [-0.39, 0.29) is 124 Å². The Morgan fingerprint density at radius 3 is 0.628 bits per heavy atom. The summed E-state index contributed by atoms with van der Waals surface area (Å²) in [6, 6.07) is 88.6. The summed E-state index contributed by atoms with van der Waals surface area (Å²) in [4.78, 5) is 0. The Hall–Kier alpha value is 1.03. The molecule has 0 unspecified atom stereocenters. The second kappa shape index (κ2) is 50.2. The third-order valence-electron chi connectivity index (χ3n) is 10.9. The molecule has 0 aliphatic rings. The number of halogens is 11. The van der Waals surface area contributed by atoms with Gasteiger partial charge in [0.2, 0.25) is 0 Å². The number of unbranched alkanes of at least 4 members (excludes halogenated alkanes) is 4. The zero-order valence-electron chi connectivity index (χ0n) is 42.3. The van der Waals surface area contributed by atoms with E-state index >= 15 is 0 Å². The van der Waals surface area contributed by atoms with Crippen LogP contribution < -0.4 is 90.4 Å². The van der Waals surface area contributed by atoms with Gasteiger partial charge in [-0.2, -0.15) is 6.42 Å². The first kappa shape index (κ1) is 79.0. The maximum absolute atomic E-state index is 4.81. The largest absolute Gasteiger partial charge is 1.00 e. The standard InChI is InChI=1S/C29H30P2.C29H29P2.3CHCl3.2Au.2HI/c2*1-6-16-26(17-7-1)30(27-18-8-2-9-19-27)24-14-5-15-25-31(28-20-10-3-11-21-28)29-22-12-4-13-23-29;3*2-1(3)4;;;;/h1-4,6-13,16-23H,5,14-15,24-25H2;1-4,6-14,16-23H,5,15,24-25H2;3*1H;;;2*1H/q;-1;;;;;+1;;/p-2. The Labute approximate surface area is 582 Å². The van der Waals surface area contributed by atoms with Crippen LogP contribution in [0.1, 0.15) is 32.1 Å². The first-order valence-corrected chi connectivity index (χ1v) is 34.2. The first-order valence-electron chi connectivity index (χ1n) is 24.1. The van der Waals surface area contributed by atoms with Crippen molar-refractivity contribution in [2.24, 2.45) is 0 Å². The summed E-state index contributed by atoms with van der Waals surface area (Å²) in [5.74, 6) is 0. The molecule has 0 saturated carbocycles. The molecule has 0 aliphatic carbocycles. The third-order valence-corrected chi connectivity index (χ3v) is 21.2. The average molecular weight is 1890 g/mol. The van der Waals surface area contributed by atoms with Crippen molar-refractivity contribution < 1.29 is 92.7 Å². The summed E-state index contributed by atoms with van der Waals surface area (Å²) < 4.78 is -2.25.